The fourth-order valence-corrected chi connectivity index (χ4v) is 1.95. The molecule has 0 bridgehead atoms. The van der Waals surface area contributed by atoms with Gasteiger partial charge in [0.25, 0.3) is 0 Å². The normalized spacial score (nSPS) is 31.5. The molecule has 3 heteroatoms. The van der Waals surface area contributed by atoms with Gasteiger partial charge in [-0.1, -0.05) is 12.8 Å². The van der Waals surface area contributed by atoms with Crippen LogP contribution in [0.4, 0.5) is 0 Å². The van der Waals surface area contributed by atoms with Gasteiger partial charge in [-0.2, -0.15) is 12.6 Å². The third-order valence-corrected chi connectivity index (χ3v) is 2.74. The van der Waals surface area contributed by atoms with Crippen molar-refractivity contribution in [2.24, 2.45) is 0 Å². The molecular weight excluding hydrogens is 158 g/mol. The Morgan fingerprint density at radius 2 is 2.09 bits per heavy atom. The van der Waals surface area contributed by atoms with Crippen molar-refractivity contribution in [3.8, 4) is 0 Å². The molecule has 1 fully saturated rings. The molecule has 64 valence electrons. The van der Waals surface area contributed by atoms with E-state index in [4.69, 9.17) is 0 Å². The van der Waals surface area contributed by atoms with Crippen molar-refractivity contribution in [3.05, 3.63) is 0 Å². The van der Waals surface area contributed by atoms with Crippen LogP contribution in [0.25, 0.3) is 0 Å². The van der Waals surface area contributed by atoms with Gasteiger partial charge in [0, 0.05) is 18.2 Å². The first-order valence-electron chi connectivity index (χ1n) is 4.15. The van der Waals surface area contributed by atoms with Crippen molar-refractivity contribution in [1.29, 1.82) is 0 Å². The molecule has 0 spiro atoms. The van der Waals surface area contributed by atoms with E-state index in [9.17, 15) is 4.79 Å². The Labute approximate surface area is 73.2 Å². The number of amides is 1. The van der Waals surface area contributed by atoms with Crippen molar-refractivity contribution >= 4 is 18.5 Å². The first kappa shape index (κ1) is 8.91. The summed E-state index contributed by atoms with van der Waals surface area (Å²) in [4.78, 5) is 10.7. The summed E-state index contributed by atoms with van der Waals surface area (Å²) in [6.07, 6.45) is 4.70. The maximum absolute atomic E-state index is 10.7. The van der Waals surface area contributed by atoms with Crippen LogP contribution in [0.15, 0.2) is 0 Å². The Balaban J connectivity index is 2.35. The van der Waals surface area contributed by atoms with E-state index in [1.165, 1.54) is 12.8 Å². The lowest BCUT2D eigenvalue weighted by atomic mass is 9.95. The summed E-state index contributed by atoms with van der Waals surface area (Å²) in [6, 6.07) is 0.310. The Morgan fingerprint density at radius 1 is 1.45 bits per heavy atom. The summed E-state index contributed by atoms with van der Waals surface area (Å²) < 4.78 is 0. The van der Waals surface area contributed by atoms with Crippen molar-refractivity contribution in [2.75, 3.05) is 0 Å². The number of rotatable bonds is 1. The van der Waals surface area contributed by atoms with Crippen LogP contribution in [0.1, 0.15) is 32.6 Å². The lowest BCUT2D eigenvalue weighted by molar-refractivity contribution is -0.119. The fourth-order valence-electron chi connectivity index (χ4n) is 1.54. The molecule has 0 aliphatic heterocycles. The van der Waals surface area contributed by atoms with Gasteiger partial charge >= 0.3 is 0 Å². The Kier molecular flexibility index (Phi) is 3.24. The van der Waals surface area contributed by atoms with Crippen LogP contribution in [-0.2, 0) is 4.79 Å². The number of nitrogens with one attached hydrogen (secondary N) is 1. The van der Waals surface area contributed by atoms with Crippen molar-refractivity contribution in [2.45, 2.75) is 43.9 Å². The van der Waals surface area contributed by atoms with Gasteiger partial charge in [0.05, 0.1) is 0 Å². The molecule has 1 N–H and O–H groups in total. The van der Waals surface area contributed by atoms with Gasteiger partial charge in [0.2, 0.25) is 5.91 Å². The van der Waals surface area contributed by atoms with Gasteiger partial charge < -0.3 is 5.32 Å². The summed E-state index contributed by atoms with van der Waals surface area (Å²) in [5.41, 5.74) is 0. The Morgan fingerprint density at radius 3 is 2.64 bits per heavy atom. The van der Waals surface area contributed by atoms with E-state index in [1.54, 1.807) is 6.92 Å². The molecule has 0 aromatic carbocycles. The van der Waals surface area contributed by atoms with Crippen LogP contribution >= 0.6 is 12.6 Å². The minimum atomic E-state index is 0.0657. The van der Waals surface area contributed by atoms with Crippen LogP contribution in [-0.4, -0.2) is 17.2 Å². The van der Waals surface area contributed by atoms with Gasteiger partial charge in [-0.3, -0.25) is 4.79 Å². The third kappa shape index (κ3) is 2.73. The number of carbonyl (C=O) groups is 1. The second-order valence-electron chi connectivity index (χ2n) is 3.16. The fraction of sp³-hybridized carbons (Fsp3) is 0.875. The monoisotopic (exact) mass is 173 g/mol. The highest BCUT2D eigenvalue weighted by molar-refractivity contribution is 7.81. The van der Waals surface area contributed by atoms with Gasteiger partial charge in [0.15, 0.2) is 0 Å². The number of thiol groups is 1. The summed E-state index contributed by atoms with van der Waals surface area (Å²) in [5.74, 6) is 0.0657. The van der Waals surface area contributed by atoms with Gasteiger partial charge in [-0.25, -0.2) is 0 Å². The number of hydrogen-bond donors (Lipinski definition) is 2. The summed E-state index contributed by atoms with van der Waals surface area (Å²) >= 11 is 4.42. The van der Waals surface area contributed by atoms with Gasteiger partial charge in [-0.15, -0.1) is 0 Å². The maximum atomic E-state index is 10.7. The highest BCUT2D eigenvalue weighted by Crippen LogP contribution is 2.22. The molecular formula is C8H15NOS. The van der Waals surface area contributed by atoms with E-state index in [0.29, 0.717) is 11.3 Å². The summed E-state index contributed by atoms with van der Waals surface area (Å²) in [7, 11) is 0. The quantitative estimate of drug-likeness (QED) is 0.576. The van der Waals surface area contributed by atoms with E-state index in [-0.39, 0.29) is 5.91 Å². The van der Waals surface area contributed by atoms with E-state index in [0.717, 1.165) is 12.8 Å². The molecule has 1 saturated carbocycles. The minimum Gasteiger partial charge on any atom is -0.353 e. The van der Waals surface area contributed by atoms with Crippen LogP contribution in [0.3, 0.4) is 0 Å². The van der Waals surface area contributed by atoms with E-state index >= 15 is 0 Å². The molecule has 0 unspecified atom stereocenters. The lowest BCUT2D eigenvalue weighted by Crippen LogP contribution is -2.41. The van der Waals surface area contributed by atoms with E-state index < -0.39 is 0 Å². The zero-order valence-electron chi connectivity index (χ0n) is 6.84. The molecule has 0 heterocycles. The van der Waals surface area contributed by atoms with Crippen LogP contribution < -0.4 is 5.32 Å². The molecule has 0 aromatic heterocycles. The molecule has 2 nitrogen and oxygen atoms in total. The predicted molar refractivity (Wildman–Crippen MR) is 48.8 cm³/mol. The van der Waals surface area contributed by atoms with Gasteiger partial charge in [0.1, 0.15) is 0 Å². The Hall–Kier alpha value is -0.180. The molecule has 1 aliphatic carbocycles. The van der Waals surface area contributed by atoms with E-state index in [1.807, 2.05) is 0 Å². The van der Waals surface area contributed by atoms with Crippen LogP contribution in [0.5, 0.6) is 0 Å². The third-order valence-electron chi connectivity index (χ3n) is 2.12. The summed E-state index contributed by atoms with van der Waals surface area (Å²) in [5, 5.41) is 3.28. The first-order valence-corrected chi connectivity index (χ1v) is 4.67. The molecule has 1 amide bonds. The molecule has 0 aromatic rings. The zero-order chi connectivity index (χ0) is 8.27. The van der Waals surface area contributed by atoms with Crippen molar-refractivity contribution in [1.82, 2.24) is 5.32 Å². The average molecular weight is 173 g/mol. The first-order chi connectivity index (χ1) is 5.20. The maximum Gasteiger partial charge on any atom is 0.217 e. The average Bonchev–Trinajstić information content (AvgIpc) is 1.93. The highest BCUT2D eigenvalue weighted by atomic mass is 32.1. The Bertz CT molecular complexity index is 149. The standard InChI is InChI=1S/C8H15NOS/c1-6(10)9-7-4-2-3-5-8(7)11/h7-8,11H,2-5H2,1H3,(H,9,10)/t7-,8+/m1/s1. The topological polar surface area (TPSA) is 29.1 Å². The van der Waals surface area contributed by atoms with Crippen LogP contribution in [0, 0.1) is 0 Å². The summed E-state index contributed by atoms with van der Waals surface area (Å²) in [6.45, 7) is 1.56. The molecule has 1 aliphatic rings. The largest absolute Gasteiger partial charge is 0.353 e. The van der Waals surface area contributed by atoms with E-state index in [2.05, 4.69) is 17.9 Å². The molecule has 1 rings (SSSR count). The smallest absolute Gasteiger partial charge is 0.217 e. The number of hydrogen-bond acceptors (Lipinski definition) is 2. The molecule has 0 radical (unpaired) electrons. The molecule has 11 heavy (non-hydrogen) atoms. The lowest BCUT2D eigenvalue weighted by Gasteiger charge is -2.28. The highest BCUT2D eigenvalue weighted by Gasteiger charge is 2.21. The SMILES string of the molecule is CC(=O)N[C@@H]1CCCC[C@@H]1S. The second kappa shape index (κ2) is 4.00. The second-order valence-corrected chi connectivity index (χ2v) is 3.82. The molecule has 2 atom stereocenters. The number of carbonyl (C=O) groups excluding carboxylic acids is 1. The van der Waals surface area contributed by atoms with Crippen molar-refractivity contribution < 1.29 is 4.79 Å². The van der Waals surface area contributed by atoms with Crippen LogP contribution in [0.2, 0.25) is 0 Å². The predicted octanol–water partition coefficient (Wildman–Crippen LogP) is 1.36. The van der Waals surface area contributed by atoms with Gasteiger partial charge in [-0.05, 0) is 12.8 Å². The molecule has 0 saturated heterocycles. The van der Waals surface area contributed by atoms with Crippen molar-refractivity contribution in [3.63, 3.8) is 0 Å². The zero-order valence-corrected chi connectivity index (χ0v) is 7.73. The minimum absolute atomic E-state index is 0.0657.